The number of benzene rings is 3. The van der Waals surface area contributed by atoms with Crippen molar-refractivity contribution >= 4 is 29.3 Å². The lowest BCUT2D eigenvalue weighted by atomic mass is 10.0. The minimum Gasteiger partial charge on any atom is -0.488 e. The number of carbonyl (C=O) groups is 3. The number of alkyl halides is 3. The van der Waals surface area contributed by atoms with Gasteiger partial charge in [0.2, 0.25) is 5.91 Å². The molecule has 0 aromatic heterocycles. The lowest BCUT2D eigenvalue weighted by Crippen LogP contribution is -2.47. The van der Waals surface area contributed by atoms with Crippen molar-refractivity contribution in [1.29, 1.82) is 0 Å². The fourth-order valence-corrected chi connectivity index (χ4v) is 5.20. The molecule has 0 fully saturated rings. The molecule has 246 valence electrons. The zero-order chi connectivity index (χ0) is 33.6. The van der Waals surface area contributed by atoms with E-state index in [1.807, 2.05) is 18.9 Å². The van der Waals surface area contributed by atoms with Gasteiger partial charge in [0, 0.05) is 42.5 Å². The third-order valence-electron chi connectivity index (χ3n) is 7.79. The van der Waals surface area contributed by atoms with Gasteiger partial charge in [0.25, 0.3) is 0 Å². The van der Waals surface area contributed by atoms with Crippen molar-refractivity contribution in [3.05, 3.63) is 89.0 Å². The fraction of sp³-hybridized carbons (Fsp3) is 0.364. The summed E-state index contributed by atoms with van der Waals surface area (Å²) in [7, 11) is 1.91. The van der Waals surface area contributed by atoms with E-state index in [2.05, 4.69) is 10.6 Å². The van der Waals surface area contributed by atoms with Gasteiger partial charge in [-0.2, -0.15) is 13.2 Å². The highest BCUT2D eigenvalue weighted by molar-refractivity contribution is 6.00. The van der Waals surface area contributed by atoms with Crippen LogP contribution in [0.1, 0.15) is 40.9 Å². The topological polar surface area (TPSA) is 131 Å². The van der Waals surface area contributed by atoms with Crippen LogP contribution in [-0.2, 0) is 23.9 Å². The number of halogens is 3. The highest BCUT2D eigenvalue weighted by Gasteiger charge is 2.32. The number of hydrogen-bond donors (Lipinski definition) is 4. The van der Waals surface area contributed by atoms with Crippen molar-refractivity contribution in [1.82, 2.24) is 9.80 Å². The van der Waals surface area contributed by atoms with Gasteiger partial charge in [0.15, 0.2) is 0 Å². The molecule has 13 heteroatoms. The maximum absolute atomic E-state index is 13.5. The Morgan fingerprint density at radius 3 is 2.28 bits per heavy atom. The average molecular weight is 643 g/mol. The van der Waals surface area contributed by atoms with E-state index < -0.39 is 29.8 Å². The van der Waals surface area contributed by atoms with E-state index in [0.29, 0.717) is 36.6 Å². The van der Waals surface area contributed by atoms with Gasteiger partial charge < -0.3 is 30.5 Å². The zero-order valence-electron chi connectivity index (χ0n) is 25.7. The summed E-state index contributed by atoms with van der Waals surface area (Å²) >= 11 is 0. The summed E-state index contributed by atoms with van der Waals surface area (Å²) < 4.78 is 45.1. The molecule has 0 bridgehead atoms. The summed E-state index contributed by atoms with van der Waals surface area (Å²) in [5.41, 5.74) is 1.30. The summed E-state index contributed by atoms with van der Waals surface area (Å²) in [6.07, 6.45) is -4.93. The van der Waals surface area contributed by atoms with Gasteiger partial charge in [-0.3, -0.25) is 9.69 Å². The van der Waals surface area contributed by atoms with Crippen LogP contribution in [-0.4, -0.2) is 76.8 Å². The molecule has 46 heavy (non-hydrogen) atoms. The van der Waals surface area contributed by atoms with Crippen LogP contribution in [0.25, 0.3) is 0 Å². The molecule has 1 heterocycles. The van der Waals surface area contributed by atoms with Crippen LogP contribution in [0.5, 0.6) is 5.75 Å². The Bertz CT molecular complexity index is 1530. The number of aromatic carboxylic acids is 1. The number of carboxylic acids is 1. The van der Waals surface area contributed by atoms with E-state index in [1.165, 1.54) is 0 Å². The van der Waals surface area contributed by atoms with Crippen molar-refractivity contribution in [3.63, 3.8) is 0 Å². The number of nitrogens with one attached hydrogen (secondary N) is 2. The highest BCUT2D eigenvalue weighted by Crippen LogP contribution is 2.31. The number of hydrogen-bond acceptors (Lipinski definition) is 6. The summed E-state index contributed by atoms with van der Waals surface area (Å²) in [6.45, 7) is 4.82. The molecular formula is C33H37F3N4O6. The first kappa shape index (κ1) is 34.3. The van der Waals surface area contributed by atoms with E-state index in [9.17, 15) is 37.8 Å². The minimum absolute atomic E-state index is 0.0546. The molecular weight excluding hydrogens is 605 g/mol. The molecule has 10 nitrogen and oxygen atoms in total. The number of aliphatic hydroxyl groups excluding tert-OH is 1. The Hall–Kier alpha value is -4.62. The predicted octanol–water partition coefficient (Wildman–Crippen LogP) is 5.33. The van der Waals surface area contributed by atoms with E-state index in [0.717, 1.165) is 29.8 Å². The standard InChI is InChI=1S/C33H37F3N4O6/c1-20-16-40(21(2)19-41)30(42)15-24-14-27(38-32(45)37-26-10-8-25(9-11-26)33(34,35)36)12-13-28(24)46-29(20)18-39(3)17-22-4-6-23(7-5-22)31(43)44/h4-14,20-21,29,41H,15-19H2,1-3H3,(H,43,44)(H2,37,38,45)/t20-,21+,29+/m1/s1. The van der Waals surface area contributed by atoms with Crippen LogP contribution < -0.4 is 15.4 Å². The van der Waals surface area contributed by atoms with Gasteiger partial charge >= 0.3 is 18.2 Å². The largest absolute Gasteiger partial charge is 0.488 e. The number of urea groups is 1. The molecule has 0 saturated heterocycles. The number of fused-ring (bicyclic) bond motifs is 1. The number of aliphatic hydroxyl groups is 1. The minimum atomic E-state index is -4.49. The van der Waals surface area contributed by atoms with E-state index in [4.69, 9.17) is 4.74 Å². The molecule has 3 aromatic carbocycles. The van der Waals surface area contributed by atoms with Crippen molar-refractivity contribution in [2.24, 2.45) is 5.92 Å². The molecule has 0 radical (unpaired) electrons. The molecule has 3 aromatic rings. The Labute approximate surface area is 264 Å². The Kier molecular flexibility index (Phi) is 10.9. The van der Waals surface area contributed by atoms with Crippen LogP contribution >= 0.6 is 0 Å². The van der Waals surface area contributed by atoms with Gasteiger partial charge in [0.1, 0.15) is 11.9 Å². The molecule has 1 aliphatic heterocycles. The van der Waals surface area contributed by atoms with Crippen molar-refractivity contribution in [3.8, 4) is 5.75 Å². The first-order chi connectivity index (χ1) is 21.7. The molecule has 3 atom stereocenters. The maximum Gasteiger partial charge on any atom is 0.416 e. The summed E-state index contributed by atoms with van der Waals surface area (Å²) in [4.78, 5) is 41.0. The van der Waals surface area contributed by atoms with Crippen LogP contribution in [0.3, 0.4) is 0 Å². The number of anilines is 2. The maximum atomic E-state index is 13.5. The zero-order valence-corrected chi connectivity index (χ0v) is 25.7. The van der Waals surface area contributed by atoms with E-state index in [1.54, 1.807) is 54.3 Å². The number of likely N-dealkylation sites (N-methyl/N-ethyl adjacent to an activating group) is 1. The molecule has 0 aliphatic carbocycles. The molecule has 4 N–H and O–H groups in total. The fourth-order valence-electron chi connectivity index (χ4n) is 5.20. The molecule has 1 aliphatic rings. The molecule has 0 saturated carbocycles. The highest BCUT2D eigenvalue weighted by atomic mass is 19.4. The van der Waals surface area contributed by atoms with Gasteiger partial charge in [-0.05, 0) is 74.1 Å². The van der Waals surface area contributed by atoms with Gasteiger partial charge in [-0.1, -0.05) is 19.1 Å². The smallest absolute Gasteiger partial charge is 0.416 e. The second kappa shape index (κ2) is 14.6. The molecule has 4 rings (SSSR count). The van der Waals surface area contributed by atoms with Crippen LogP contribution in [0.4, 0.5) is 29.3 Å². The second-order valence-corrected chi connectivity index (χ2v) is 11.6. The van der Waals surface area contributed by atoms with Crippen molar-refractivity contribution in [2.75, 3.05) is 37.4 Å². The summed E-state index contributed by atoms with van der Waals surface area (Å²) in [5, 5.41) is 24.2. The van der Waals surface area contributed by atoms with Gasteiger partial charge in [-0.25, -0.2) is 9.59 Å². The number of carboxylic acid groups (broad SMARTS) is 1. The second-order valence-electron chi connectivity index (χ2n) is 11.6. The molecule has 0 unspecified atom stereocenters. The number of amides is 3. The third-order valence-corrected chi connectivity index (χ3v) is 7.79. The summed E-state index contributed by atoms with van der Waals surface area (Å²) in [6, 6.07) is 14.4. The van der Waals surface area contributed by atoms with Crippen LogP contribution in [0.2, 0.25) is 0 Å². The van der Waals surface area contributed by atoms with E-state index in [-0.39, 0.29) is 42.2 Å². The lowest BCUT2D eigenvalue weighted by molar-refractivity contribution is -0.137. The van der Waals surface area contributed by atoms with E-state index >= 15 is 0 Å². The predicted molar refractivity (Wildman–Crippen MR) is 166 cm³/mol. The monoisotopic (exact) mass is 642 g/mol. The van der Waals surface area contributed by atoms with Gasteiger partial charge in [0.05, 0.1) is 30.2 Å². The quantitative estimate of drug-likeness (QED) is 0.248. The number of nitrogens with zero attached hydrogens (tertiary/aromatic N) is 2. The Morgan fingerprint density at radius 1 is 1.04 bits per heavy atom. The lowest BCUT2D eigenvalue weighted by Gasteiger charge is -2.34. The molecule has 0 spiro atoms. The molecule has 3 amide bonds. The first-order valence-electron chi connectivity index (χ1n) is 14.7. The Balaban J connectivity index is 1.52. The number of ether oxygens (including phenoxy) is 1. The van der Waals surface area contributed by atoms with Crippen molar-refractivity contribution < 1.29 is 42.5 Å². The van der Waals surface area contributed by atoms with Crippen LogP contribution in [0, 0.1) is 5.92 Å². The average Bonchev–Trinajstić information content (AvgIpc) is 3.04. The van der Waals surface area contributed by atoms with Gasteiger partial charge in [-0.15, -0.1) is 0 Å². The third kappa shape index (κ3) is 8.98. The Morgan fingerprint density at radius 2 is 1.67 bits per heavy atom. The summed E-state index contributed by atoms with van der Waals surface area (Å²) in [5.74, 6) is -0.914. The number of carbonyl (C=O) groups excluding carboxylic acids is 2. The number of rotatable bonds is 9. The van der Waals surface area contributed by atoms with Crippen LogP contribution in [0.15, 0.2) is 66.7 Å². The SMILES string of the molecule is C[C@@H]1CN([C@@H](C)CO)C(=O)Cc2cc(NC(=O)Nc3ccc(C(F)(F)F)cc3)ccc2O[C@H]1CN(C)Cc1ccc(C(=O)O)cc1. The first-order valence-corrected chi connectivity index (χ1v) is 14.7. The normalized spacial score (nSPS) is 17.7. The van der Waals surface area contributed by atoms with Crippen molar-refractivity contribution in [2.45, 2.75) is 45.1 Å².